The number of aliphatic carboxylic acids is 1. The van der Waals surface area contributed by atoms with Crippen molar-refractivity contribution in [1.29, 1.82) is 0 Å². The number of aromatic amines is 1. The van der Waals surface area contributed by atoms with Gasteiger partial charge < -0.3 is 10.4 Å². The molecule has 2 aromatic heterocycles. The SMILES string of the molecule is O=C(O)CNc1ncc(CN2CCC[C@H](c3ccn[nH]3)C2)cn1. The summed E-state index contributed by atoms with van der Waals surface area (Å²) < 4.78 is 0. The van der Waals surface area contributed by atoms with Crippen LogP contribution < -0.4 is 5.32 Å². The summed E-state index contributed by atoms with van der Waals surface area (Å²) >= 11 is 0. The fourth-order valence-electron chi connectivity index (χ4n) is 2.89. The van der Waals surface area contributed by atoms with Gasteiger partial charge in [0.15, 0.2) is 0 Å². The normalized spacial score (nSPS) is 18.7. The summed E-state index contributed by atoms with van der Waals surface area (Å²) in [5.74, 6) is -0.107. The Bertz CT molecular complexity index is 628. The summed E-state index contributed by atoms with van der Waals surface area (Å²) in [5.41, 5.74) is 2.22. The van der Waals surface area contributed by atoms with Gasteiger partial charge in [-0.1, -0.05) is 0 Å². The highest BCUT2D eigenvalue weighted by atomic mass is 16.4. The Hall–Kier alpha value is -2.48. The summed E-state index contributed by atoms with van der Waals surface area (Å²) in [6.07, 6.45) is 7.62. The minimum atomic E-state index is -0.934. The van der Waals surface area contributed by atoms with Gasteiger partial charge in [-0.25, -0.2) is 9.97 Å². The summed E-state index contributed by atoms with van der Waals surface area (Å²) in [5, 5.41) is 18.4. The van der Waals surface area contributed by atoms with E-state index in [1.54, 1.807) is 18.6 Å². The van der Waals surface area contributed by atoms with Gasteiger partial charge in [-0.3, -0.25) is 14.8 Å². The van der Waals surface area contributed by atoms with Crippen LogP contribution in [0.1, 0.15) is 30.0 Å². The van der Waals surface area contributed by atoms with Crippen molar-refractivity contribution >= 4 is 11.9 Å². The van der Waals surface area contributed by atoms with Crippen LogP contribution in [0.5, 0.6) is 0 Å². The lowest BCUT2D eigenvalue weighted by Gasteiger charge is -2.32. The average Bonchev–Trinajstić information content (AvgIpc) is 3.09. The zero-order valence-corrected chi connectivity index (χ0v) is 12.8. The molecule has 2 aromatic rings. The van der Waals surface area contributed by atoms with Crippen LogP contribution in [0.4, 0.5) is 5.95 Å². The number of H-pyrrole nitrogens is 1. The Kier molecular flexibility index (Phi) is 4.82. The van der Waals surface area contributed by atoms with Gasteiger partial charge >= 0.3 is 5.97 Å². The van der Waals surface area contributed by atoms with Crippen LogP contribution in [-0.2, 0) is 11.3 Å². The molecule has 3 N–H and O–H groups in total. The third-order valence-electron chi connectivity index (χ3n) is 3.98. The maximum atomic E-state index is 10.5. The van der Waals surface area contributed by atoms with Crippen LogP contribution in [0.2, 0.25) is 0 Å². The predicted octanol–water partition coefficient (Wildman–Crippen LogP) is 1.08. The lowest BCUT2D eigenvalue weighted by Crippen LogP contribution is -2.34. The second-order valence-electron chi connectivity index (χ2n) is 5.75. The second-order valence-corrected chi connectivity index (χ2v) is 5.75. The quantitative estimate of drug-likeness (QED) is 0.732. The topological polar surface area (TPSA) is 107 Å². The van der Waals surface area contributed by atoms with Crippen molar-refractivity contribution in [3.05, 3.63) is 35.9 Å². The van der Waals surface area contributed by atoms with Crippen LogP contribution in [0.25, 0.3) is 0 Å². The van der Waals surface area contributed by atoms with Crippen molar-refractivity contribution in [2.45, 2.75) is 25.3 Å². The van der Waals surface area contributed by atoms with Crippen LogP contribution in [-0.4, -0.2) is 55.8 Å². The number of hydrogen-bond acceptors (Lipinski definition) is 6. The average molecular weight is 316 g/mol. The third-order valence-corrected chi connectivity index (χ3v) is 3.98. The highest BCUT2D eigenvalue weighted by molar-refractivity contribution is 5.71. The zero-order valence-electron chi connectivity index (χ0n) is 12.8. The first-order valence-corrected chi connectivity index (χ1v) is 7.69. The molecule has 0 aromatic carbocycles. The van der Waals surface area contributed by atoms with Gasteiger partial charge in [0, 0.05) is 48.9 Å². The molecule has 0 aliphatic carbocycles. The lowest BCUT2D eigenvalue weighted by atomic mass is 9.95. The predicted molar refractivity (Wildman–Crippen MR) is 84.0 cm³/mol. The highest BCUT2D eigenvalue weighted by Crippen LogP contribution is 2.26. The molecule has 23 heavy (non-hydrogen) atoms. The molecule has 0 amide bonds. The zero-order chi connectivity index (χ0) is 16.1. The third kappa shape index (κ3) is 4.26. The number of nitrogens with zero attached hydrogens (tertiary/aromatic N) is 4. The minimum Gasteiger partial charge on any atom is -0.480 e. The van der Waals surface area contributed by atoms with E-state index in [2.05, 4.69) is 30.4 Å². The number of nitrogens with one attached hydrogen (secondary N) is 2. The van der Waals surface area contributed by atoms with E-state index in [4.69, 9.17) is 5.11 Å². The van der Waals surface area contributed by atoms with Crippen LogP contribution >= 0.6 is 0 Å². The summed E-state index contributed by atoms with van der Waals surface area (Å²) in [6, 6.07) is 2.04. The second kappa shape index (κ2) is 7.19. The fourth-order valence-corrected chi connectivity index (χ4v) is 2.89. The van der Waals surface area contributed by atoms with E-state index in [-0.39, 0.29) is 6.54 Å². The standard InChI is InChI=1S/C15H20N6O2/c22-14(23)8-18-15-16-6-11(7-17-15)9-21-5-1-2-12(10-21)13-3-4-19-20-13/h3-4,6-7,12H,1-2,5,8-10H2,(H,19,20)(H,22,23)(H,16,17,18)/t12-/m0/s1. The van der Waals surface area contributed by atoms with E-state index in [1.807, 2.05) is 6.07 Å². The molecule has 0 unspecified atom stereocenters. The molecule has 1 saturated heterocycles. The molecule has 0 bridgehead atoms. The number of rotatable bonds is 6. The molecule has 0 spiro atoms. The largest absolute Gasteiger partial charge is 0.480 e. The maximum absolute atomic E-state index is 10.5. The number of piperidine rings is 1. The van der Waals surface area contributed by atoms with Gasteiger partial charge in [0.2, 0.25) is 5.95 Å². The fraction of sp³-hybridized carbons (Fsp3) is 0.467. The summed E-state index contributed by atoms with van der Waals surface area (Å²) in [7, 11) is 0. The molecule has 8 nitrogen and oxygen atoms in total. The molecule has 1 atom stereocenters. The number of hydrogen-bond donors (Lipinski definition) is 3. The highest BCUT2D eigenvalue weighted by Gasteiger charge is 2.22. The van der Waals surface area contributed by atoms with Crippen molar-refractivity contribution in [2.75, 3.05) is 25.0 Å². The number of carboxylic acids is 1. The van der Waals surface area contributed by atoms with Gasteiger partial charge in [0.1, 0.15) is 6.54 Å². The number of anilines is 1. The van der Waals surface area contributed by atoms with Gasteiger partial charge in [-0.2, -0.15) is 5.10 Å². The molecular formula is C15H20N6O2. The van der Waals surface area contributed by atoms with Crippen LogP contribution in [0, 0.1) is 0 Å². The Labute approximate surface area is 134 Å². The number of aromatic nitrogens is 4. The van der Waals surface area contributed by atoms with E-state index in [1.165, 1.54) is 12.1 Å². The van der Waals surface area contributed by atoms with Gasteiger partial charge in [0.05, 0.1) is 0 Å². The Morgan fingerprint density at radius 3 is 2.96 bits per heavy atom. The van der Waals surface area contributed by atoms with E-state index < -0.39 is 5.97 Å². The van der Waals surface area contributed by atoms with Gasteiger partial charge in [0.25, 0.3) is 0 Å². The monoisotopic (exact) mass is 316 g/mol. The molecule has 1 aliphatic rings. The van der Waals surface area contributed by atoms with E-state index >= 15 is 0 Å². The molecule has 0 radical (unpaired) electrons. The van der Waals surface area contributed by atoms with E-state index in [0.29, 0.717) is 11.9 Å². The summed E-state index contributed by atoms with van der Waals surface area (Å²) in [6.45, 7) is 2.66. The first-order valence-electron chi connectivity index (χ1n) is 7.69. The van der Waals surface area contributed by atoms with Crippen molar-refractivity contribution in [3.8, 4) is 0 Å². The first kappa shape index (κ1) is 15.4. The van der Waals surface area contributed by atoms with Crippen molar-refractivity contribution in [3.63, 3.8) is 0 Å². The lowest BCUT2D eigenvalue weighted by molar-refractivity contribution is -0.134. The van der Waals surface area contributed by atoms with E-state index in [9.17, 15) is 4.79 Å². The Morgan fingerprint density at radius 2 is 2.26 bits per heavy atom. The molecule has 1 fully saturated rings. The van der Waals surface area contributed by atoms with E-state index in [0.717, 1.165) is 31.6 Å². The number of carboxylic acid groups (broad SMARTS) is 1. The molecule has 3 rings (SSSR count). The van der Waals surface area contributed by atoms with Crippen molar-refractivity contribution < 1.29 is 9.90 Å². The number of likely N-dealkylation sites (tertiary alicyclic amines) is 1. The van der Waals surface area contributed by atoms with Crippen LogP contribution in [0.15, 0.2) is 24.7 Å². The van der Waals surface area contributed by atoms with Gasteiger partial charge in [-0.05, 0) is 25.5 Å². The Morgan fingerprint density at radius 1 is 1.43 bits per heavy atom. The molecule has 0 saturated carbocycles. The molecular weight excluding hydrogens is 296 g/mol. The molecule has 3 heterocycles. The summed E-state index contributed by atoms with van der Waals surface area (Å²) in [4.78, 5) is 21.2. The molecule has 122 valence electrons. The smallest absolute Gasteiger partial charge is 0.322 e. The Balaban J connectivity index is 1.55. The molecule has 8 heteroatoms. The minimum absolute atomic E-state index is 0.183. The van der Waals surface area contributed by atoms with Crippen molar-refractivity contribution in [2.24, 2.45) is 0 Å². The van der Waals surface area contributed by atoms with Crippen molar-refractivity contribution in [1.82, 2.24) is 25.1 Å². The van der Waals surface area contributed by atoms with Gasteiger partial charge in [-0.15, -0.1) is 0 Å². The number of carbonyl (C=O) groups is 1. The first-order chi connectivity index (χ1) is 11.2. The van der Waals surface area contributed by atoms with Crippen LogP contribution in [0.3, 0.4) is 0 Å². The maximum Gasteiger partial charge on any atom is 0.322 e. The molecule has 1 aliphatic heterocycles.